The van der Waals surface area contributed by atoms with Gasteiger partial charge in [0.05, 0.1) is 6.04 Å². The molecule has 0 radical (unpaired) electrons. The molecule has 0 fully saturated rings. The maximum atomic E-state index is 14.5. The molecule has 2 aliphatic rings. The van der Waals surface area contributed by atoms with E-state index in [2.05, 4.69) is 0 Å². The number of fused-ring (bicyclic) bond motifs is 5. The first-order valence-corrected chi connectivity index (χ1v) is 13.7. The van der Waals surface area contributed by atoms with Gasteiger partial charge in [0.25, 0.3) is 5.91 Å². The first-order valence-electron chi connectivity index (χ1n) is 13.7. The SMILES string of the molecule is CC[C@H]1/C=C/COc2cc(F)ccc2[C@H](c2ccccc2)N2CN1C(=O)c1c(OCc3ccccc3)c(=O)ccn12. The molecule has 2 aliphatic heterocycles. The van der Waals surface area contributed by atoms with Crippen molar-refractivity contribution in [3.05, 3.63) is 142 Å². The van der Waals surface area contributed by atoms with Crippen LogP contribution in [0.3, 0.4) is 0 Å². The van der Waals surface area contributed by atoms with E-state index in [0.29, 0.717) is 12.2 Å². The Kier molecular flexibility index (Phi) is 7.29. The standard InChI is InChI=1S/C33H30FN3O4/c1-2-26-14-9-19-40-29-20-25(34)15-16-27(29)30(24-12-7-4-8-13-24)37-22-35(26)33(39)31-32(28(38)17-18-36(31)37)41-21-23-10-5-3-6-11-23/h3-18,20,26,30H,2,19,21-22H2,1H3/b14-9+/t26-,30-/m0/s1. The van der Waals surface area contributed by atoms with Crippen molar-refractivity contribution in [3.8, 4) is 11.5 Å². The summed E-state index contributed by atoms with van der Waals surface area (Å²) in [5, 5.41) is 2.00. The molecular formula is C33H30FN3O4. The van der Waals surface area contributed by atoms with Gasteiger partial charge in [-0.3, -0.25) is 19.3 Å². The number of aromatic nitrogens is 1. The van der Waals surface area contributed by atoms with Gasteiger partial charge in [-0.15, -0.1) is 0 Å². The fourth-order valence-electron chi connectivity index (χ4n) is 5.49. The number of rotatable bonds is 5. The molecule has 41 heavy (non-hydrogen) atoms. The summed E-state index contributed by atoms with van der Waals surface area (Å²) < 4.78 is 28.4. The number of hydrogen-bond donors (Lipinski definition) is 0. The molecule has 208 valence electrons. The van der Waals surface area contributed by atoms with Crippen molar-refractivity contribution in [2.75, 3.05) is 18.3 Å². The summed E-state index contributed by atoms with van der Waals surface area (Å²) in [6.07, 6.45) is 6.03. The molecule has 1 aromatic heterocycles. The highest BCUT2D eigenvalue weighted by Gasteiger charge is 2.40. The second-order valence-corrected chi connectivity index (χ2v) is 10.0. The van der Waals surface area contributed by atoms with Crippen LogP contribution in [0.25, 0.3) is 0 Å². The second kappa shape index (κ2) is 11.3. The normalized spacial score (nSPS) is 18.9. The lowest BCUT2D eigenvalue weighted by Gasteiger charge is -2.46. The summed E-state index contributed by atoms with van der Waals surface area (Å²) >= 11 is 0. The Labute approximate surface area is 237 Å². The molecular weight excluding hydrogens is 521 g/mol. The van der Waals surface area contributed by atoms with E-state index in [1.165, 1.54) is 18.2 Å². The van der Waals surface area contributed by atoms with E-state index < -0.39 is 11.9 Å². The second-order valence-electron chi connectivity index (χ2n) is 10.0. The zero-order valence-corrected chi connectivity index (χ0v) is 22.7. The Bertz CT molecular complexity index is 1640. The van der Waals surface area contributed by atoms with Crippen molar-refractivity contribution < 1.29 is 18.7 Å². The highest BCUT2D eigenvalue weighted by atomic mass is 19.1. The summed E-state index contributed by atoms with van der Waals surface area (Å²) in [5.74, 6) is -0.307. The first-order chi connectivity index (χ1) is 20.0. The van der Waals surface area contributed by atoms with Gasteiger partial charge in [-0.05, 0) is 35.8 Å². The van der Waals surface area contributed by atoms with E-state index in [1.807, 2.05) is 84.7 Å². The lowest BCUT2D eigenvalue weighted by atomic mass is 9.96. The largest absolute Gasteiger partial charge is 0.489 e. The average Bonchev–Trinajstić information content (AvgIpc) is 3.02. The number of pyridine rings is 1. The van der Waals surface area contributed by atoms with Gasteiger partial charge >= 0.3 is 0 Å². The minimum Gasteiger partial charge on any atom is -0.489 e. The van der Waals surface area contributed by atoms with Crippen LogP contribution < -0.4 is 19.9 Å². The lowest BCUT2D eigenvalue weighted by molar-refractivity contribution is 0.0623. The Morgan fingerprint density at radius 3 is 2.49 bits per heavy atom. The minimum absolute atomic E-state index is 0.00727. The minimum atomic E-state index is -0.485. The Morgan fingerprint density at radius 1 is 0.976 bits per heavy atom. The Morgan fingerprint density at radius 2 is 1.73 bits per heavy atom. The molecule has 8 heteroatoms. The third kappa shape index (κ3) is 5.09. The van der Waals surface area contributed by atoms with Gasteiger partial charge < -0.3 is 14.4 Å². The van der Waals surface area contributed by atoms with Gasteiger partial charge in [0.2, 0.25) is 5.43 Å². The van der Waals surface area contributed by atoms with E-state index in [9.17, 15) is 14.0 Å². The summed E-state index contributed by atoms with van der Waals surface area (Å²) in [5.41, 5.74) is 2.29. The number of hydrogen-bond acceptors (Lipinski definition) is 5. The monoisotopic (exact) mass is 551 g/mol. The maximum absolute atomic E-state index is 14.5. The quantitative estimate of drug-likeness (QED) is 0.310. The summed E-state index contributed by atoms with van der Waals surface area (Å²) in [4.78, 5) is 29.2. The van der Waals surface area contributed by atoms with E-state index in [4.69, 9.17) is 9.47 Å². The number of ether oxygens (including phenoxy) is 2. The van der Waals surface area contributed by atoms with Crippen LogP contribution in [0.4, 0.5) is 4.39 Å². The summed E-state index contributed by atoms with van der Waals surface area (Å²) in [7, 11) is 0. The van der Waals surface area contributed by atoms with Crippen LogP contribution in [0, 0.1) is 5.82 Å². The average molecular weight is 552 g/mol. The number of amides is 1. The molecule has 1 amide bonds. The number of benzene rings is 3. The van der Waals surface area contributed by atoms with Crippen molar-refractivity contribution in [2.45, 2.75) is 32.0 Å². The zero-order valence-electron chi connectivity index (χ0n) is 22.7. The van der Waals surface area contributed by atoms with Gasteiger partial charge in [-0.2, -0.15) is 0 Å². The number of carbonyl (C=O) groups is 1. The van der Waals surface area contributed by atoms with Crippen LogP contribution in [-0.4, -0.2) is 34.8 Å². The van der Waals surface area contributed by atoms with Crippen LogP contribution >= 0.6 is 0 Å². The van der Waals surface area contributed by atoms with Crippen molar-refractivity contribution in [1.29, 1.82) is 0 Å². The molecule has 0 saturated heterocycles. The fraction of sp³-hybridized carbons (Fsp3) is 0.212. The van der Waals surface area contributed by atoms with Crippen molar-refractivity contribution in [3.63, 3.8) is 0 Å². The van der Waals surface area contributed by atoms with Gasteiger partial charge in [-0.25, -0.2) is 4.39 Å². The summed E-state index contributed by atoms with van der Waals surface area (Å²) in [6, 6.07) is 24.5. The van der Waals surface area contributed by atoms with Crippen molar-refractivity contribution >= 4 is 5.91 Å². The third-order valence-electron chi connectivity index (χ3n) is 7.49. The molecule has 0 aliphatic carbocycles. The van der Waals surface area contributed by atoms with E-state index in [1.54, 1.807) is 21.8 Å². The topological polar surface area (TPSA) is 64.0 Å². The predicted molar refractivity (Wildman–Crippen MR) is 154 cm³/mol. The first kappa shape index (κ1) is 26.4. The number of halogens is 1. The Hall–Kier alpha value is -4.85. The van der Waals surface area contributed by atoms with E-state index in [-0.39, 0.29) is 48.7 Å². The van der Waals surface area contributed by atoms with Crippen molar-refractivity contribution in [1.82, 2.24) is 9.58 Å². The molecule has 7 nitrogen and oxygen atoms in total. The molecule has 0 spiro atoms. The van der Waals surface area contributed by atoms with Crippen LogP contribution in [0.1, 0.15) is 46.6 Å². The zero-order chi connectivity index (χ0) is 28.3. The summed E-state index contributed by atoms with van der Waals surface area (Å²) in [6.45, 7) is 2.57. The molecule has 0 saturated carbocycles. The molecule has 2 bridgehead atoms. The molecule has 4 aromatic rings. The predicted octanol–water partition coefficient (Wildman–Crippen LogP) is 5.43. The van der Waals surface area contributed by atoms with E-state index in [0.717, 1.165) is 16.7 Å². The molecule has 2 atom stereocenters. The van der Waals surface area contributed by atoms with Gasteiger partial charge in [0.15, 0.2) is 11.4 Å². The van der Waals surface area contributed by atoms with Crippen LogP contribution in [0.5, 0.6) is 11.5 Å². The third-order valence-corrected chi connectivity index (χ3v) is 7.49. The van der Waals surface area contributed by atoms with Gasteiger partial charge in [-0.1, -0.05) is 73.7 Å². The molecule has 0 N–H and O–H groups in total. The number of carbonyl (C=O) groups excluding carboxylic acids is 1. The van der Waals surface area contributed by atoms with Crippen molar-refractivity contribution in [2.24, 2.45) is 0 Å². The molecule has 3 aromatic carbocycles. The van der Waals surface area contributed by atoms with Gasteiger partial charge in [0, 0.05) is 23.9 Å². The maximum Gasteiger partial charge on any atom is 0.278 e. The molecule has 3 heterocycles. The number of nitrogens with zero attached hydrogens (tertiary/aromatic N) is 3. The van der Waals surface area contributed by atoms with Gasteiger partial charge in [0.1, 0.15) is 37.5 Å². The Balaban J connectivity index is 1.58. The highest BCUT2D eigenvalue weighted by Crippen LogP contribution is 2.38. The smallest absolute Gasteiger partial charge is 0.278 e. The molecule has 0 unspecified atom stereocenters. The highest BCUT2D eigenvalue weighted by molar-refractivity contribution is 5.96. The lowest BCUT2D eigenvalue weighted by Crippen LogP contribution is -2.58. The fourth-order valence-corrected chi connectivity index (χ4v) is 5.49. The van der Waals surface area contributed by atoms with Crippen LogP contribution in [0.15, 0.2) is 108 Å². The molecule has 6 rings (SSSR count). The van der Waals surface area contributed by atoms with Crippen LogP contribution in [0.2, 0.25) is 0 Å². The van der Waals surface area contributed by atoms with Crippen LogP contribution in [-0.2, 0) is 6.61 Å². The van der Waals surface area contributed by atoms with E-state index >= 15 is 0 Å².